The SMILES string of the molecule is Cn1ccc(C(=O)NCCC(N)=S)cc1=O. The van der Waals surface area contributed by atoms with Gasteiger partial charge in [-0.15, -0.1) is 0 Å². The number of aromatic nitrogens is 1. The molecular formula is C10H13N3O2S. The standard InChI is InChI=1S/C10H13N3O2S/c1-13-5-3-7(6-9(13)14)10(15)12-4-2-8(11)16/h3,5-6H,2,4H2,1H3,(H2,11,16)(H,12,15). The number of nitrogens with zero attached hydrogens (tertiary/aromatic N) is 1. The van der Waals surface area contributed by atoms with Crippen LogP contribution in [0.1, 0.15) is 16.8 Å². The number of hydrogen-bond donors (Lipinski definition) is 2. The molecule has 0 aromatic carbocycles. The van der Waals surface area contributed by atoms with Crippen molar-refractivity contribution in [2.75, 3.05) is 6.54 Å². The van der Waals surface area contributed by atoms with Gasteiger partial charge < -0.3 is 15.6 Å². The molecule has 0 fully saturated rings. The molecule has 16 heavy (non-hydrogen) atoms. The lowest BCUT2D eigenvalue weighted by Gasteiger charge is -2.04. The first-order chi connectivity index (χ1) is 7.50. The Hall–Kier alpha value is -1.69. The van der Waals surface area contributed by atoms with Gasteiger partial charge in [-0.25, -0.2) is 0 Å². The van der Waals surface area contributed by atoms with Crippen LogP contribution in [0, 0.1) is 0 Å². The van der Waals surface area contributed by atoms with Crippen LogP contribution in [0.25, 0.3) is 0 Å². The minimum Gasteiger partial charge on any atom is -0.393 e. The summed E-state index contributed by atoms with van der Waals surface area (Å²) in [7, 11) is 1.62. The van der Waals surface area contributed by atoms with Crippen molar-refractivity contribution in [3.05, 3.63) is 34.2 Å². The average Bonchev–Trinajstić information content (AvgIpc) is 2.21. The minimum atomic E-state index is -0.297. The van der Waals surface area contributed by atoms with Crippen molar-refractivity contribution in [1.82, 2.24) is 9.88 Å². The highest BCUT2D eigenvalue weighted by Gasteiger charge is 2.05. The number of nitrogens with one attached hydrogen (secondary N) is 1. The Bertz CT molecular complexity index is 467. The highest BCUT2D eigenvalue weighted by atomic mass is 32.1. The van der Waals surface area contributed by atoms with E-state index in [1.165, 1.54) is 10.6 Å². The van der Waals surface area contributed by atoms with Gasteiger partial charge in [0.15, 0.2) is 0 Å². The molecule has 6 heteroatoms. The fourth-order valence-electron chi connectivity index (χ4n) is 1.09. The first kappa shape index (κ1) is 12.4. The third-order valence-electron chi connectivity index (χ3n) is 2.02. The maximum atomic E-state index is 11.5. The molecule has 1 rings (SSSR count). The summed E-state index contributed by atoms with van der Waals surface area (Å²) in [4.78, 5) is 23.2. The molecule has 1 aromatic rings. The maximum Gasteiger partial charge on any atom is 0.251 e. The third kappa shape index (κ3) is 3.47. The number of carbonyl (C=O) groups excluding carboxylic acids is 1. The second-order valence-corrected chi connectivity index (χ2v) is 3.86. The Morgan fingerprint density at radius 3 is 2.88 bits per heavy atom. The van der Waals surface area contributed by atoms with Crippen LogP contribution in [0.3, 0.4) is 0 Å². The molecule has 0 saturated carbocycles. The highest BCUT2D eigenvalue weighted by molar-refractivity contribution is 7.80. The Morgan fingerprint density at radius 1 is 1.62 bits per heavy atom. The number of thiocarbonyl (C=S) groups is 1. The lowest BCUT2D eigenvalue weighted by Crippen LogP contribution is -2.28. The second-order valence-electron chi connectivity index (χ2n) is 3.34. The smallest absolute Gasteiger partial charge is 0.251 e. The van der Waals surface area contributed by atoms with E-state index in [-0.39, 0.29) is 11.5 Å². The lowest BCUT2D eigenvalue weighted by molar-refractivity contribution is 0.0954. The molecule has 0 atom stereocenters. The van der Waals surface area contributed by atoms with Crippen LogP contribution in [0.2, 0.25) is 0 Å². The molecule has 0 bridgehead atoms. The predicted molar refractivity (Wildman–Crippen MR) is 65.4 cm³/mol. The molecule has 1 aromatic heterocycles. The third-order valence-corrected chi connectivity index (χ3v) is 2.23. The molecule has 3 N–H and O–H groups in total. The van der Waals surface area contributed by atoms with Crippen LogP contribution in [-0.2, 0) is 7.05 Å². The number of carbonyl (C=O) groups is 1. The van der Waals surface area contributed by atoms with E-state index < -0.39 is 0 Å². The molecule has 0 saturated heterocycles. The Labute approximate surface area is 98.3 Å². The van der Waals surface area contributed by atoms with Crippen molar-refractivity contribution < 1.29 is 4.79 Å². The van der Waals surface area contributed by atoms with E-state index in [9.17, 15) is 9.59 Å². The van der Waals surface area contributed by atoms with E-state index >= 15 is 0 Å². The van der Waals surface area contributed by atoms with E-state index in [4.69, 9.17) is 5.73 Å². The van der Waals surface area contributed by atoms with E-state index in [2.05, 4.69) is 17.5 Å². The average molecular weight is 239 g/mol. The Morgan fingerprint density at radius 2 is 2.31 bits per heavy atom. The maximum absolute atomic E-state index is 11.5. The van der Waals surface area contributed by atoms with Gasteiger partial charge in [0.2, 0.25) is 0 Å². The molecule has 0 aliphatic rings. The molecule has 86 valence electrons. The zero-order chi connectivity index (χ0) is 12.1. The minimum absolute atomic E-state index is 0.220. The second kappa shape index (κ2) is 5.41. The van der Waals surface area contributed by atoms with Crippen LogP contribution >= 0.6 is 12.2 Å². The van der Waals surface area contributed by atoms with Gasteiger partial charge in [0, 0.05) is 37.8 Å². The topological polar surface area (TPSA) is 77.1 Å². The molecule has 1 amide bonds. The van der Waals surface area contributed by atoms with Gasteiger partial charge >= 0.3 is 0 Å². The number of aryl methyl sites for hydroxylation is 1. The van der Waals surface area contributed by atoms with Crippen LogP contribution in [-0.4, -0.2) is 22.0 Å². The van der Waals surface area contributed by atoms with Gasteiger partial charge in [-0.05, 0) is 6.07 Å². The number of hydrogen-bond acceptors (Lipinski definition) is 3. The fraction of sp³-hybridized carbons (Fsp3) is 0.300. The van der Waals surface area contributed by atoms with E-state index in [1.54, 1.807) is 19.3 Å². The quantitative estimate of drug-likeness (QED) is 0.713. The van der Waals surface area contributed by atoms with Gasteiger partial charge in [-0.3, -0.25) is 9.59 Å². The number of amides is 1. The van der Waals surface area contributed by atoms with Crippen molar-refractivity contribution in [1.29, 1.82) is 0 Å². The molecule has 0 aliphatic carbocycles. The molecule has 5 nitrogen and oxygen atoms in total. The molecule has 0 unspecified atom stereocenters. The van der Waals surface area contributed by atoms with Gasteiger partial charge in [0.05, 0.1) is 4.99 Å². The fourth-order valence-corrected chi connectivity index (χ4v) is 1.19. The lowest BCUT2D eigenvalue weighted by atomic mass is 10.2. The van der Waals surface area contributed by atoms with E-state index in [0.29, 0.717) is 23.5 Å². The molecule has 0 aliphatic heterocycles. The summed E-state index contributed by atoms with van der Waals surface area (Å²) >= 11 is 4.68. The van der Waals surface area contributed by atoms with Crippen LogP contribution in [0.4, 0.5) is 0 Å². The summed E-state index contributed by atoms with van der Waals surface area (Å²) < 4.78 is 1.39. The summed E-state index contributed by atoms with van der Waals surface area (Å²) in [6.07, 6.45) is 2.00. The Balaban J connectivity index is 2.63. The van der Waals surface area contributed by atoms with Crippen LogP contribution in [0.15, 0.2) is 23.1 Å². The Kier molecular flexibility index (Phi) is 4.19. The van der Waals surface area contributed by atoms with E-state index in [0.717, 1.165) is 0 Å². The number of pyridine rings is 1. The molecule has 0 spiro atoms. The summed E-state index contributed by atoms with van der Waals surface area (Å²) in [5.74, 6) is -0.297. The van der Waals surface area contributed by atoms with Gasteiger partial charge in [-0.2, -0.15) is 0 Å². The van der Waals surface area contributed by atoms with Gasteiger partial charge in [0.25, 0.3) is 11.5 Å². The molecular weight excluding hydrogens is 226 g/mol. The van der Waals surface area contributed by atoms with Crippen molar-refractivity contribution in [3.63, 3.8) is 0 Å². The van der Waals surface area contributed by atoms with Crippen molar-refractivity contribution in [3.8, 4) is 0 Å². The van der Waals surface area contributed by atoms with Gasteiger partial charge in [-0.1, -0.05) is 12.2 Å². The number of rotatable bonds is 4. The van der Waals surface area contributed by atoms with Gasteiger partial charge in [0.1, 0.15) is 0 Å². The van der Waals surface area contributed by atoms with Crippen molar-refractivity contribution in [2.45, 2.75) is 6.42 Å². The first-order valence-corrected chi connectivity index (χ1v) is 5.14. The van der Waals surface area contributed by atoms with Crippen LogP contribution < -0.4 is 16.6 Å². The van der Waals surface area contributed by atoms with Crippen molar-refractivity contribution in [2.24, 2.45) is 12.8 Å². The highest BCUT2D eigenvalue weighted by Crippen LogP contribution is 1.93. The zero-order valence-corrected chi connectivity index (χ0v) is 9.71. The summed E-state index contributed by atoms with van der Waals surface area (Å²) in [5, 5.41) is 2.62. The predicted octanol–water partition coefficient (Wildman–Crippen LogP) is -0.209. The van der Waals surface area contributed by atoms with E-state index in [1.807, 2.05) is 0 Å². The molecule has 0 radical (unpaired) electrons. The zero-order valence-electron chi connectivity index (χ0n) is 8.90. The first-order valence-electron chi connectivity index (χ1n) is 4.74. The van der Waals surface area contributed by atoms with Crippen molar-refractivity contribution >= 4 is 23.1 Å². The number of nitrogens with two attached hydrogens (primary N) is 1. The monoisotopic (exact) mass is 239 g/mol. The summed E-state index contributed by atoms with van der Waals surface area (Å²) in [6.45, 7) is 0.378. The largest absolute Gasteiger partial charge is 0.393 e. The summed E-state index contributed by atoms with van der Waals surface area (Å²) in [6, 6.07) is 2.87. The summed E-state index contributed by atoms with van der Waals surface area (Å²) in [5.41, 5.74) is 5.41. The van der Waals surface area contributed by atoms with Crippen LogP contribution in [0.5, 0.6) is 0 Å². The molecule has 1 heterocycles. The normalized spacial score (nSPS) is 9.81.